The van der Waals surface area contributed by atoms with Gasteiger partial charge in [0.25, 0.3) is 0 Å². The third-order valence-corrected chi connectivity index (χ3v) is 9.59. The summed E-state index contributed by atoms with van der Waals surface area (Å²) in [7, 11) is 3.24. The number of aryl methyl sites for hydroxylation is 1. The number of carbonyl (C=O) groups is 2. The van der Waals surface area contributed by atoms with Gasteiger partial charge >= 0.3 is 5.97 Å². The summed E-state index contributed by atoms with van der Waals surface area (Å²) < 4.78 is 16.0. The number of ether oxygens (including phenoxy) is 3. The third-order valence-electron chi connectivity index (χ3n) is 7.43. The molecule has 1 unspecified atom stereocenters. The fraction of sp³-hybridized carbons (Fsp3) is 0.364. The summed E-state index contributed by atoms with van der Waals surface area (Å²) in [5, 5.41) is 12.3. The zero-order chi connectivity index (χ0) is 31.1. The molecule has 44 heavy (non-hydrogen) atoms. The Labute approximate surface area is 265 Å². The number of aromatic nitrogens is 3. The van der Waals surface area contributed by atoms with Crippen molar-refractivity contribution in [3.8, 4) is 34.0 Å². The van der Waals surface area contributed by atoms with Gasteiger partial charge < -0.3 is 19.5 Å². The third kappa shape index (κ3) is 7.22. The highest BCUT2D eigenvalue weighted by molar-refractivity contribution is 8.00. The second kappa shape index (κ2) is 14.7. The van der Waals surface area contributed by atoms with Crippen molar-refractivity contribution >= 4 is 40.0 Å². The van der Waals surface area contributed by atoms with E-state index in [1.807, 2.05) is 48.5 Å². The van der Waals surface area contributed by atoms with Crippen molar-refractivity contribution in [2.45, 2.75) is 62.8 Å². The van der Waals surface area contributed by atoms with Crippen LogP contribution in [0.25, 0.3) is 22.5 Å². The van der Waals surface area contributed by atoms with Gasteiger partial charge in [0, 0.05) is 16.0 Å². The molecule has 1 aliphatic carbocycles. The number of methoxy groups -OCH3 is 2. The molecule has 0 radical (unpaired) electrons. The van der Waals surface area contributed by atoms with Crippen molar-refractivity contribution < 1.29 is 23.8 Å². The minimum absolute atomic E-state index is 0.247. The number of thioether (sulfide) groups is 1. The highest BCUT2D eigenvalue weighted by Crippen LogP contribution is 2.38. The number of nitrogens with zero attached hydrogens (tertiary/aromatic N) is 3. The molecule has 1 aliphatic rings. The summed E-state index contributed by atoms with van der Waals surface area (Å²) in [5.74, 6) is 0.831. The summed E-state index contributed by atoms with van der Waals surface area (Å²) >= 11 is 2.70. The van der Waals surface area contributed by atoms with Crippen LogP contribution in [-0.4, -0.2) is 53.1 Å². The number of carbonyl (C=O) groups excluding carboxylic acids is 2. The number of hydrogen-bond donors (Lipinski definition) is 1. The molecule has 1 amide bonds. The molecular formula is C33H36N4O5S2. The zero-order valence-electron chi connectivity index (χ0n) is 25.3. The summed E-state index contributed by atoms with van der Waals surface area (Å²) in [6.07, 6.45) is 6.11. The highest BCUT2D eigenvalue weighted by Gasteiger charge is 2.28. The number of hydrogen-bond acceptors (Lipinski definition) is 10. The summed E-state index contributed by atoms with van der Waals surface area (Å²) in [6.45, 7) is 3.86. The molecule has 0 bridgehead atoms. The molecule has 0 spiro atoms. The number of esters is 1. The van der Waals surface area contributed by atoms with Gasteiger partial charge in [-0.25, -0.2) is 9.78 Å². The number of fused-ring (bicyclic) bond motifs is 1. The average Bonchev–Trinajstić information content (AvgIpc) is 3.36. The summed E-state index contributed by atoms with van der Waals surface area (Å²) in [5.41, 5.74) is 4.43. The van der Waals surface area contributed by atoms with Crippen LogP contribution in [0.5, 0.6) is 11.5 Å². The first kappa shape index (κ1) is 31.5. The van der Waals surface area contributed by atoms with Crippen LogP contribution in [0.1, 0.15) is 60.3 Å². The van der Waals surface area contributed by atoms with E-state index in [0.29, 0.717) is 27.1 Å². The largest absolute Gasteiger partial charge is 0.497 e. The monoisotopic (exact) mass is 632 g/mol. The van der Waals surface area contributed by atoms with Gasteiger partial charge in [0.1, 0.15) is 27.9 Å². The van der Waals surface area contributed by atoms with E-state index in [1.165, 1.54) is 29.5 Å². The summed E-state index contributed by atoms with van der Waals surface area (Å²) in [6, 6.07) is 15.1. The van der Waals surface area contributed by atoms with Crippen molar-refractivity contribution in [2.75, 3.05) is 26.1 Å². The molecule has 230 valence electrons. The minimum atomic E-state index is -0.563. The standard InChI is InChI=1S/C33H36N4O5S2/c1-5-42-32(39)27-25-10-8-6-7-9-11-26(25)44-31(27)35-30(38)20(2)43-33-34-28(21-12-16-23(40-3)17-13-21)29(36-37-33)22-14-18-24(41-4)19-15-22/h12-20H,5-11H2,1-4H3,(H,35,38). The Balaban J connectivity index is 1.41. The number of nitrogens with one attached hydrogen (secondary N) is 1. The first-order valence-electron chi connectivity index (χ1n) is 14.7. The van der Waals surface area contributed by atoms with E-state index >= 15 is 0 Å². The molecule has 0 saturated carbocycles. The molecule has 0 aliphatic heterocycles. The van der Waals surface area contributed by atoms with Crippen LogP contribution in [0, 0.1) is 0 Å². The zero-order valence-corrected chi connectivity index (χ0v) is 27.0. The van der Waals surface area contributed by atoms with Crippen LogP contribution in [0.3, 0.4) is 0 Å². The van der Waals surface area contributed by atoms with Gasteiger partial charge in [-0.15, -0.1) is 21.5 Å². The smallest absolute Gasteiger partial charge is 0.341 e. The molecular weight excluding hydrogens is 597 g/mol. The Morgan fingerprint density at radius 2 is 1.50 bits per heavy atom. The van der Waals surface area contributed by atoms with Crippen molar-refractivity contribution in [1.82, 2.24) is 15.2 Å². The highest BCUT2D eigenvalue weighted by atomic mass is 32.2. The van der Waals surface area contributed by atoms with E-state index in [4.69, 9.17) is 19.2 Å². The van der Waals surface area contributed by atoms with Crippen molar-refractivity contribution in [1.29, 1.82) is 0 Å². The molecule has 11 heteroatoms. The van der Waals surface area contributed by atoms with E-state index < -0.39 is 5.25 Å². The van der Waals surface area contributed by atoms with Crippen LogP contribution in [0.2, 0.25) is 0 Å². The van der Waals surface area contributed by atoms with Crippen molar-refractivity contribution in [2.24, 2.45) is 0 Å². The lowest BCUT2D eigenvalue weighted by molar-refractivity contribution is -0.115. The van der Waals surface area contributed by atoms with Crippen LogP contribution in [-0.2, 0) is 22.4 Å². The molecule has 0 saturated heterocycles. The molecule has 4 aromatic rings. The van der Waals surface area contributed by atoms with Crippen LogP contribution >= 0.6 is 23.1 Å². The Kier molecular flexibility index (Phi) is 10.5. The predicted octanol–water partition coefficient (Wildman–Crippen LogP) is 7.24. The average molecular weight is 633 g/mol. The molecule has 2 heterocycles. The molecule has 2 aromatic carbocycles. The van der Waals surface area contributed by atoms with Crippen molar-refractivity contribution in [3.05, 3.63) is 64.5 Å². The van der Waals surface area contributed by atoms with Gasteiger partial charge in [0.05, 0.1) is 31.6 Å². The first-order chi connectivity index (χ1) is 21.4. The number of thiophene rings is 1. The molecule has 1 atom stereocenters. The minimum Gasteiger partial charge on any atom is -0.497 e. The van der Waals surface area contributed by atoms with Crippen molar-refractivity contribution in [3.63, 3.8) is 0 Å². The lowest BCUT2D eigenvalue weighted by Crippen LogP contribution is -2.23. The number of amides is 1. The van der Waals surface area contributed by atoms with E-state index in [-0.39, 0.29) is 18.5 Å². The molecule has 2 aromatic heterocycles. The van der Waals surface area contributed by atoms with E-state index in [1.54, 1.807) is 28.1 Å². The fourth-order valence-corrected chi connectivity index (χ4v) is 7.10. The molecule has 5 rings (SSSR count). The Bertz CT molecular complexity index is 1610. The number of rotatable bonds is 10. The van der Waals surface area contributed by atoms with Gasteiger partial charge in [-0.1, -0.05) is 24.6 Å². The SMILES string of the molecule is CCOC(=O)c1c(NC(=O)C(C)Sc2nnc(-c3ccc(OC)cc3)c(-c3ccc(OC)cc3)n2)sc2c1CCCCCC2. The fourth-order valence-electron chi connectivity index (χ4n) is 5.11. The quantitative estimate of drug-likeness (QED) is 0.143. The Hall–Kier alpha value is -3.96. The van der Waals surface area contributed by atoms with E-state index in [2.05, 4.69) is 15.5 Å². The lowest BCUT2D eigenvalue weighted by Gasteiger charge is -2.14. The van der Waals surface area contributed by atoms with Gasteiger partial charge in [-0.05, 0) is 93.6 Å². The lowest BCUT2D eigenvalue weighted by atomic mass is 9.96. The molecule has 9 nitrogen and oxygen atoms in total. The maximum atomic E-state index is 13.5. The molecule has 1 N–H and O–H groups in total. The maximum Gasteiger partial charge on any atom is 0.341 e. The number of benzene rings is 2. The van der Waals surface area contributed by atoms with Crippen LogP contribution < -0.4 is 14.8 Å². The van der Waals surface area contributed by atoms with E-state index in [0.717, 1.165) is 65.2 Å². The second-order valence-corrected chi connectivity index (χ2v) is 12.8. The van der Waals surface area contributed by atoms with Gasteiger partial charge in [0.2, 0.25) is 11.1 Å². The number of anilines is 1. The molecule has 0 fully saturated rings. The van der Waals surface area contributed by atoms with Gasteiger partial charge in [-0.3, -0.25) is 4.79 Å². The first-order valence-corrected chi connectivity index (χ1v) is 16.4. The van der Waals surface area contributed by atoms with E-state index in [9.17, 15) is 9.59 Å². The van der Waals surface area contributed by atoms with Gasteiger partial charge in [-0.2, -0.15) is 0 Å². The maximum absolute atomic E-state index is 13.5. The predicted molar refractivity (Wildman–Crippen MR) is 174 cm³/mol. The Morgan fingerprint density at radius 3 is 2.11 bits per heavy atom. The normalized spacial score (nSPS) is 13.6. The second-order valence-electron chi connectivity index (χ2n) is 10.3. The summed E-state index contributed by atoms with van der Waals surface area (Å²) in [4.78, 5) is 32.5. The van der Waals surface area contributed by atoms with Crippen LogP contribution in [0.4, 0.5) is 5.00 Å². The topological polar surface area (TPSA) is 113 Å². The van der Waals surface area contributed by atoms with Crippen LogP contribution in [0.15, 0.2) is 53.7 Å². The Morgan fingerprint density at radius 1 is 0.886 bits per heavy atom. The van der Waals surface area contributed by atoms with Gasteiger partial charge in [0.15, 0.2) is 0 Å².